The fraction of sp³-hybridized carbons (Fsp3) is 0.844. The van der Waals surface area contributed by atoms with Gasteiger partial charge in [0.05, 0.1) is 25.4 Å². The van der Waals surface area contributed by atoms with Crippen molar-refractivity contribution < 1.29 is 39.8 Å². The van der Waals surface area contributed by atoms with Gasteiger partial charge in [0, 0.05) is 6.42 Å². The number of aliphatic hydroxyl groups excluding tert-OH is 5. The number of carbonyl (C=O) groups is 1. The van der Waals surface area contributed by atoms with Crippen LogP contribution in [-0.4, -0.2) is 87.5 Å². The Kier molecular flexibility index (Phi) is 33.4. The summed E-state index contributed by atoms with van der Waals surface area (Å²) in [5, 5.41) is 54.1. The zero-order chi connectivity index (χ0) is 39.5. The van der Waals surface area contributed by atoms with Crippen LogP contribution in [0.3, 0.4) is 0 Å². The second kappa shape index (κ2) is 35.8. The van der Waals surface area contributed by atoms with E-state index in [1.807, 2.05) is 6.08 Å². The lowest BCUT2D eigenvalue weighted by atomic mass is 9.99. The molecule has 0 aliphatic carbocycles. The van der Waals surface area contributed by atoms with Crippen molar-refractivity contribution in [1.82, 2.24) is 5.32 Å². The number of hydrogen-bond donors (Lipinski definition) is 6. The number of rotatable bonds is 36. The Balaban J connectivity index is 2.42. The van der Waals surface area contributed by atoms with Crippen LogP contribution in [0.5, 0.6) is 0 Å². The molecule has 1 saturated heterocycles. The number of amides is 1. The minimum atomic E-state index is -1.57. The monoisotopic (exact) mass is 766 g/mol. The van der Waals surface area contributed by atoms with Gasteiger partial charge in [0.2, 0.25) is 5.91 Å². The molecule has 7 atom stereocenters. The number of ether oxygens (including phenoxy) is 2. The molecule has 7 unspecified atom stereocenters. The maximum absolute atomic E-state index is 12.9. The van der Waals surface area contributed by atoms with Gasteiger partial charge >= 0.3 is 0 Å². The second-order valence-corrected chi connectivity index (χ2v) is 15.5. The normalized spacial score (nSPS) is 21.8. The molecule has 316 valence electrons. The SMILES string of the molecule is CCCCCCCCC/C=C/CC/C=C/CC/C=C/C(O)C(COC1OC(CO)C(O)C(O)C1O)NC(=O)CCCCCCCCCCCCCCCC. The maximum atomic E-state index is 12.9. The van der Waals surface area contributed by atoms with Gasteiger partial charge in [0.1, 0.15) is 24.4 Å². The van der Waals surface area contributed by atoms with Gasteiger partial charge in [0.25, 0.3) is 0 Å². The highest BCUT2D eigenvalue weighted by atomic mass is 16.7. The smallest absolute Gasteiger partial charge is 0.220 e. The summed E-state index contributed by atoms with van der Waals surface area (Å²) < 4.78 is 11.2. The molecule has 0 aromatic carbocycles. The fourth-order valence-electron chi connectivity index (χ4n) is 6.83. The topological polar surface area (TPSA) is 149 Å². The summed E-state index contributed by atoms with van der Waals surface area (Å²) in [4.78, 5) is 12.9. The van der Waals surface area contributed by atoms with Crippen LogP contribution in [0.4, 0.5) is 0 Å². The van der Waals surface area contributed by atoms with Crippen LogP contribution in [0.15, 0.2) is 36.5 Å². The van der Waals surface area contributed by atoms with Crippen LogP contribution in [0.1, 0.15) is 187 Å². The van der Waals surface area contributed by atoms with Gasteiger partial charge in [-0.05, 0) is 44.9 Å². The molecule has 0 radical (unpaired) electrons. The molecule has 1 fully saturated rings. The molecule has 0 bridgehead atoms. The van der Waals surface area contributed by atoms with Crippen molar-refractivity contribution in [3.05, 3.63) is 36.5 Å². The molecule has 6 N–H and O–H groups in total. The van der Waals surface area contributed by atoms with E-state index in [1.54, 1.807) is 6.08 Å². The summed E-state index contributed by atoms with van der Waals surface area (Å²) in [5.41, 5.74) is 0. The van der Waals surface area contributed by atoms with E-state index in [2.05, 4.69) is 43.5 Å². The zero-order valence-corrected chi connectivity index (χ0v) is 34.5. The fourth-order valence-corrected chi connectivity index (χ4v) is 6.83. The quantitative estimate of drug-likeness (QED) is 0.0274. The molecular formula is C45H83NO8. The summed E-state index contributed by atoms with van der Waals surface area (Å²) in [6.07, 6.45) is 36.1. The first-order chi connectivity index (χ1) is 26.3. The highest BCUT2D eigenvalue weighted by molar-refractivity contribution is 5.76. The predicted octanol–water partition coefficient (Wildman–Crippen LogP) is 8.89. The summed E-state index contributed by atoms with van der Waals surface area (Å²) in [6.45, 7) is 3.73. The van der Waals surface area contributed by atoms with Gasteiger partial charge in [-0.3, -0.25) is 4.79 Å². The molecule has 9 nitrogen and oxygen atoms in total. The molecule has 0 aromatic rings. The van der Waals surface area contributed by atoms with Crippen molar-refractivity contribution in [1.29, 1.82) is 0 Å². The molecule has 9 heteroatoms. The van der Waals surface area contributed by atoms with Crippen LogP contribution in [0.2, 0.25) is 0 Å². The largest absolute Gasteiger partial charge is 0.394 e. The van der Waals surface area contributed by atoms with E-state index in [4.69, 9.17) is 9.47 Å². The van der Waals surface area contributed by atoms with Crippen molar-refractivity contribution in [3.63, 3.8) is 0 Å². The lowest BCUT2D eigenvalue weighted by molar-refractivity contribution is -0.302. The van der Waals surface area contributed by atoms with Gasteiger partial charge in [-0.1, -0.05) is 172 Å². The van der Waals surface area contributed by atoms with Crippen LogP contribution in [0.25, 0.3) is 0 Å². The van der Waals surface area contributed by atoms with Gasteiger partial charge in [-0.15, -0.1) is 0 Å². The maximum Gasteiger partial charge on any atom is 0.220 e. The highest BCUT2D eigenvalue weighted by Gasteiger charge is 2.44. The lowest BCUT2D eigenvalue weighted by Crippen LogP contribution is -2.60. The summed E-state index contributed by atoms with van der Waals surface area (Å²) in [5.74, 6) is -0.191. The van der Waals surface area contributed by atoms with Gasteiger partial charge in [0.15, 0.2) is 6.29 Å². The average molecular weight is 766 g/mol. The van der Waals surface area contributed by atoms with E-state index >= 15 is 0 Å². The van der Waals surface area contributed by atoms with Crippen molar-refractivity contribution >= 4 is 5.91 Å². The number of carbonyl (C=O) groups excluding carboxylic acids is 1. The molecule has 0 aromatic heterocycles. The Morgan fingerprint density at radius 2 is 1.06 bits per heavy atom. The van der Waals surface area contributed by atoms with Crippen molar-refractivity contribution in [2.45, 2.75) is 230 Å². The molecule has 1 heterocycles. The number of unbranched alkanes of at least 4 members (excludes halogenated alkanes) is 22. The molecule has 0 spiro atoms. The Labute approximate surface area is 330 Å². The molecule has 1 aliphatic heterocycles. The first-order valence-corrected chi connectivity index (χ1v) is 22.2. The molecule has 0 saturated carbocycles. The van der Waals surface area contributed by atoms with Gasteiger partial charge in [-0.25, -0.2) is 0 Å². The van der Waals surface area contributed by atoms with Crippen molar-refractivity contribution in [2.24, 2.45) is 0 Å². The Hall–Kier alpha value is -1.59. The third-order valence-electron chi connectivity index (χ3n) is 10.4. The number of aliphatic hydroxyl groups is 5. The van der Waals surface area contributed by atoms with Crippen molar-refractivity contribution in [2.75, 3.05) is 13.2 Å². The third kappa shape index (κ3) is 26.3. The van der Waals surface area contributed by atoms with E-state index < -0.39 is 49.5 Å². The van der Waals surface area contributed by atoms with E-state index in [-0.39, 0.29) is 12.5 Å². The summed E-state index contributed by atoms with van der Waals surface area (Å²) >= 11 is 0. The molecule has 1 aliphatic rings. The zero-order valence-electron chi connectivity index (χ0n) is 34.5. The summed E-state index contributed by atoms with van der Waals surface area (Å²) in [6, 6.07) is -0.823. The predicted molar refractivity (Wildman–Crippen MR) is 221 cm³/mol. The minimum absolute atomic E-state index is 0.191. The van der Waals surface area contributed by atoms with Crippen molar-refractivity contribution in [3.8, 4) is 0 Å². The summed E-state index contributed by atoms with van der Waals surface area (Å²) in [7, 11) is 0. The highest BCUT2D eigenvalue weighted by Crippen LogP contribution is 2.22. The molecule has 1 rings (SSSR count). The first-order valence-electron chi connectivity index (χ1n) is 22.2. The second-order valence-electron chi connectivity index (χ2n) is 15.5. The van der Waals surface area contributed by atoms with E-state index in [1.165, 1.54) is 122 Å². The third-order valence-corrected chi connectivity index (χ3v) is 10.4. The van der Waals surface area contributed by atoms with Crippen LogP contribution in [-0.2, 0) is 14.3 Å². The Bertz CT molecular complexity index is 941. The molecule has 1 amide bonds. The van der Waals surface area contributed by atoms with Crippen LogP contribution < -0.4 is 5.32 Å². The van der Waals surface area contributed by atoms with E-state index in [0.717, 1.165) is 44.9 Å². The molecule has 54 heavy (non-hydrogen) atoms. The van der Waals surface area contributed by atoms with Crippen LogP contribution in [0, 0.1) is 0 Å². The lowest BCUT2D eigenvalue weighted by Gasteiger charge is -2.40. The Morgan fingerprint density at radius 3 is 1.56 bits per heavy atom. The van der Waals surface area contributed by atoms with Gasteiger partial charge in [-0.2, -0.15) is 0 Å². The number of hydrogen-bond acceptors (Lipinski definition) is 8. The van der Waals surface area contributed by atoms with Gasteiger partial charge < -0.3 is 40.3 Å². The van der Waals surface area contributed by atoms with E-state index in [9.17, 15) is 30.3 Å². The minimum Gasteiger partial charge on any atom is -0.394 e. The van der Waals surface area contributed by atoms with E-state index in [0.29, 0.717) is 6.42 Å². The Morgan fingerprint density at radius 1 is 0.611 bits per heavy atom. The number of nitrogens with one attached hydrogen (secondary N) is 1. The van der Waals surface area contributed by atoms with Crippen LogP contribution >= 0.6 is 0 Å². The first kappa shape index (κ1) is 50.4. The molecular weight excluding hydrogens is 682 g/mol. The average Bonchev–Trinajstić information content (AvgIpc) is 3.17. The number of allylic oxidation sites excluding steroid dienone is 5. The standard InChI is InChI=1S/C45H83NO8/c1-3-5-7-9-11-13-15-17-19-20-21-22-24-26-28-30-32-34-39(48)38(37-53-45-44(52)43(51)42(50)40(36-47)54-45)46-41(49)35-33-31-29-27-25-23-18-16-14-12-10-8-6-4-2/h19-20,24,26,32,34,38-40,42-45,47-48,50-52H,3-18,21-23,25,27-31,33,35-37H2,1-2H3,(H,46,49)/b20-19+,26-24+,34-32+.